The standard InChI is InChI=1S/C22H32N2O3/c1-16-11-13-24(14-12-16)19-8-6-18(7-9-19)23-21(25)10-5-17-3-2-4-20-22(17)27-15-26-20/h2-4,16,18-19H,5-15H2,1H3,(H,23,25). The second-order valence-corrected chi connectivity index (χ2v) is 8.44. The zero-order valence-corrected chi connectivity index (χ0v) is 16.4. The first-order valence-corrected chi connectivity index (χ1v) is 10.6. The van der Waals surface area contributed by atoms with Gasteiger partial charge in [0.2, 0.25) is 12.7 Å². The first-order chi connectivity index (χ1) is 13.2. The molecule has 0 unspecified atom stereocenters. The van der Waals surface area contributed by atoms with Gasteiger partial charge in [0.15, 0.2) is 11.5 Å². The molecular weight excluding hydrogens is 340 g/mol. The van der Waals surface area contributed by atoms with Crippen molar-refractivity contribution in [2.24, 2.45) is 5.92 Å². The quantitative estimate of drug-likeness (QED) is 0.859. The molecule has 1 aromatic rings. The van der Waals surface area contributed by atoms with Gasteiger partial charge in [0.1, 0.15) is 0 Å². The van der Waals surface area contributed by atoms with Crippen molar-refractivity contribution in [1.82, 2.24) is 10.2 Å². The Balaban J connectivity index is 1.19. The number of carbonyl (C=O) groups is 1. The highest BCUT2D eigenvalue weighted by atomic mass is 16.7. The molecule has 1 aromatic carbocycles. The minimum atomic E-state index is 0.154. The van der Waals surface area contributed by atoms with E-state index in [0.29, 0.717) is 18.9 Å². The van der Waals surface area contributed by atoms with Crippen LogP contribution in [0, 0.1) is 5.92 Å². The third-order valence-corrected chi connectivity index (χ3v) is 6.50. The number of benzene rings is 1. The van der Waals surface area contributed by atoms with Crippen molar-refractivity contribution in [2.45, 2.75) is 70.4 Å². The zero-order chi connectivity index (χ0) is 18.6. The number of carbonyl (C=O) groups excluding carboxylic acids is 1. The number of nitrogens with one attached hydrogen (secondary N) is 1. The Kier molecular flexibility index (Phi) is 5.86. The molecule has 0 spiro atoms. The van der Waals surface area contributed by atoms with Crippen molar-refractivity contribution in [1.29, 1.82) is 0 Å². The molecule has 1 saturated heterocycles. The molecule has 1 aliphatic carbocycles. The molecule has 0 aromatic heterocycles. The minimum absolute atomic E-state index is 0.154. The molecule has 0 atom stereocenters. The number of para-hydroxylation sites is 1. The molecule has 5 heteroatoms. The van der Waals surface area contributed by atoms with Gasteiger partial charge in [-0.05, 0) is 75.6 Å². The summed E-state index contributed by atoms with van der Waals surface area (Å²) in [5.41, 5.74) is 1.06. The van der Waals surface area contributed by atoms with Crippen LogP contribution in [0.25, 0.3) is 0 Å². The van der Waals surface area contributed by atoms with Crippen LogP contribution in [0.2, 0.25) is 0 Å². The molecule has 0 bridgehead atoms. The molecule has 1 saturated carbocycles. The van der Waals surface area contributed by atoms with Gasteiger partial charge in [-0.25, -0.2) is 0 Å². The van der Waals surface area contributed by atoms with E-state index in [2.05, 4.69) is 17.1 Å². The number of hydrogen-bond donors (Lipinski definition) is 1. The van der Waals surface area contributed by atoms with Crippen LogP contribution in [0.1, 0.15) is 57.4 Å². The number of fused-ring (bicyclic) bond motifs is 1. The normalized spacial score (nSPS) is 26.1. The van der Waals surface area contributed by atoms with E-state index in [1.807, 2.05) is 18.2 Å². The third kappa shape index (κ3) is 4.57. The first-order valence-electron chi connectivity index (χ1n) is 10.6. The molecule has 1 amide bonds. The smallest absolute Gasteiger partial charge is 0.231 e. The van der Waals surface area contributed by atoms with Gasteiger partial charge < -0.3 is 19.7 Å². The predicted molar refractivity (Wildman–Crippen MR) is 105 cm³/mol. The van der Waals surface area contributed by atoms with Gasteiger partial charge >= 0.3 is 0 Å². The second kappa shape index (κ2) is 8.51. The van der Waals surface area contributed by atoms with E-state index >= 15 is 0 Å². The summed E-state index contributed by atoms with van der Waals surface area (Å²) >= 11 is 0. The van der Waals surface area contributed by atoms with Gasteiger partial charge in [-0.15, -0.1) is 0 Å². The van der Waals surface area contributed by atoms with Gasteiger partial charge in [0, 0.05) is 18.5 Å². The molecule has 3 aliphatic rings. The maximum Gasteiger partial charge on any atom is 0.231 e. The third-order valence-electron chi connectivity index (χ3n) is 6.50. The Morgan fingerprint density at radius 2 is 1.89 bits per heavy atom. The molecule has 4 rings (SSSR count). The lowest BCUT2D eigenvalue weighted by molar-refractivity contribution is -0.122. The SMILES string of the molecule is CC1CCN(C2CCC(NC(=O)CCc3cccc4c3OCO4)CC2)CC1. The molecule has 27 heavy (non-hydrogen) atoms. The van der Waals surface area contributed by atoms with E-state index < -0.39 is 0 Å². The number of likely N-dealkylation sites (tertiary alicyclic amines) is 1. The van der Waals surface area contributed by atoms with Crippen LogP contribution in [0.3, 0.4) is 0 Å². The van der Waals surface area contributed by atoms with Crippen LogP contribution in [0.5, 0.6) is 11.5 Å². The van der Waals surface area contributed by atoms with Gasteiger partial charge in [-0.3, -0.25) is 4.79 Å². The van der Waals surface area contributed by atoms with Crippen molar-refractivity contribution in [2.75, 3.05) is 19.9 Å². The van der Waals surface area contributed by atoms with Crippen LogP contribution < -0.4 is 14.8 Å². The van der Waals surface area contributed by atoms with E-state index in [9.17, 15) is 4.79 Å². The fourth-order valence-corrected chi connectivity index (χ4v) is 4.71. The number of piperidine rings is 1. The number of hydrogen-bond acceptors (Lipinski definition) is 4. The average Bonchev–Trinajstić information content (AvgIpc) is 3.17. The van der Waals surface area contributed by atoms with Gasteiger partial charge in [0.05, 0.1) is 0 Å². The average molecular weight is 373 g/mol. The number of amides is 1. The summed E-state index contributed by atoms with van der Waals surface area (Å²) in [5, 5.41) is 3.26. The summed E-state index contributed by atoms with van der Waals surface area (Å²) in [6, 6.07) is 6.97. The summed E-state index contributed by atoms with van der Waals surface area (Å²) in [6.07, 6.45) is 8.54. The monoisotopic (exact) mass is 372 g/mol. The van der Waals surface area contributed by atoms with Gasteiger partial charge in [0.25, 0.3) is 0 Å². The molecule has 0 radical (unpaired) electrons. The summed E-state index contributed by atoms with van der Waals surface area (Å²) in [7, 11) is 0. The molecular formula is C22H32N2O3. The predicted octanol–water partition coefficient (Wildman–Crippen LogP) is 3.51. The highest BCUT2D eigenvalue weighted by Gasteiger charge is 2.28. The van der Waals surface area contributed by atoms with Crippen LogP contribution in [-0.2, 0) is 11.2 Å². The fraction of sp³-hybridized carbons (Fsp3) is 0.682. The highest BCUT2D eigenvalue weighted by molar-refractivity contribution is 5.76. The topological polar surface area (TPSA) is 50.8 Å². The number of aryl methyl sites for hydroxylation is 1. The van der Waals surface area contributed by atoms with Crippen LogP contribution in [0.4, 0.5) is 0 Å². The Morgan fingerprint density at radius 3 is 2.67 bits per heavy atom. The van der Waals surface area contributed by atoms with Crippen molar-refractivity contribution in [3.05, 3.63) is 23.8 Å². The number of rotatable bonds is 5. The minimum Gasteiger partial charge on any atom is -0.454 e. The lowest BCUT2D eigenvalue weighted by Gasteiger charge is -2.40. The van der Waals surface area contributed by atoms with Crippen LogP contribution in [0.15, 0.2) is 18.2 Å². The zero-order valence-electron chi connectivity index (χ0n) is 16.4. The molecule has 148 valence electrons. The molecule has 1 N–H and O–H groups in total. The van der Waals surface area contributed by atoms with Gasteiger partial charge in [-0.1, -0.05) is 19.1 Å². The van der Waals surface area contributed by atoms with E-state index in [4.69, 9.17) is 9.47 Å². The van der Waals surface area contributed by atoms with Crippen molar-refractivity contribution in [3.8, 4) is 11.5 Å². The molecule has 2 aliphatic heterocycles. The van der Waals surface area contributed by atoms with Crippen molar-refractivity contribution >= 4 is 5.91 Å². The summed E-state index contributed by atoms with van der Waals surface area (Å²) in [4.78, 5) is 15.1. The number of ether oxygens (including phenoxy) is 2. The lowest BCUT2D eigenvalue weighted by atomic mass is 9.88. The Labute approximate surface area is 162 Å². The second-order valence-electron chi connectivity index (χ2n) is 8.44. The summed E-state index contributed by atoms with van der Waals surface area (Å²) < 4.78 is 10.9. The van der Waals surface area contributed by atoms with Gasteiger partial charge in [-0.2, -0.15) is 0 Å². The van der Waals surface area contributed by atoms with E-state index in [-0.39, 0.29) is 12.7 Å². The molecule has 2 fully saturated rings. The summed E-state index contributed by atoms with van der Waals surface area (Å²) in [6.45, 7) is 5.16. The van der Waals surface area contributed by atoms with E-state index in [1.54, 1.807) is 0 Å². The maximum absolute atomic E-state index is 12.4. The van der Waals surface area contributed by atoms with E-state index in [0.717, 1.165) is 41.9 Å². The summed E-state index contributed by atoms with van der Waals surface area (Å²) in [5.74, 6) is 2.64. The Bertz CT molecular complexity index is 647. The molecule has 2 heterocycles. The fourth-order valence-electron chi connectivity index (χ4n) is 4.71. The van der Waals surface area contributed by atoms with Crippen molar-refractivity contribution < 1.29 is 14.3 Å². The maximum atomic E-state index is 12.4. The van der Waals surface area contributed by atoms with E-state index in [1.165, 1.54) is 38.8 Å². The molecule has 5 nitrogen and oxygen atoms in total. The highest BCUT2D eigenvalue weighted by Crippen LogP contribution is 2.36. The van der Waals surface area contributed by atoms with Crippen LogP contribution >= 0.6 is 0 Å². The largest absolute Gasteiger partial charge is 0.454 e. The Morgan fingerprint density at radius 1 is 1.11 bits per heavy atom. The number of nitrogens with zero attached hydrogens (tertiary/aromatic N) is 1. The van der Waals surface area contributed by atoms with Crippen molar-refractivity contribution in [3.63, 3.8) is 0 Å². The van der Waals surface area contributed by atoms with Crippen LogP contribution in [-0.4, -0.2) is 42.8 Å². The lowest BCUT2D eigenvalue weighted by Crippen LogP contribution is -2.46. The Hall–Kier alpha value is -1.75. The first kappa shape index (κ1) is 18.6.